The summed E-state index contributed by atoms with van der Waals surface area (Å²) < 4.78 is 0. The summed E-state index contributed by atoms with van der Waals surface area (Å²) in [4.78, 5) is 28.5. The van der Waals surface area contributed by atoms with Crippen molar-refractivity contribution in [2.75, 3.05) is 17.6 Å². The van der Waals surface area contributed by atoms with E-state index in [1.807, 2.05) is 18.2 Å². The Morgan fingerprint density at radius 2 is 1.72 bits per heavy atom. The average molecular weight is 386 g/mol. The minimum Gasteiger partial charge on any atom is -0.397 e. The molecule has 1 heterocycles. The predicted octanol–water partition coefficient (Wildman–Crippen LogP) is 3.29. The number of hydrogen-bond donors (Lipinski definition) is 3. The summed E-state index contributed by atoms with van der Waals surface area (Å²) in [5, 5.41) is 5.60. The maximum atomic E-state index is 12.3. The molecule has 0 spiro atoms. The molecule has 2 aromatic carbocycles. The fourth-order valence-electron chi connectivity index (χ4n) is 2.64. The highest BCUT2D eigenvalue weighted by Crippen LogP contribution is 2.18. The molecule has 0 radical (unpaired) electrons. The van der Waals surface area contributed by atoms with Crippen LogP contribution < -0.4 is 16.4 Å². The summed E-state index contributed by atoms with van der Waals surface area (Å²) in [5.74, 6) is -0.423. The Bertz CT molecular complexity index is 999. The Kier molecular flexibility index (Phi) is 6.73. The zero-order valence-corrected chi connectivity index (χ0v) is 15.8. The second kappa shape index (κ2) is 9.85. The summed E-state index contributed by atoms with van der Waals surface area (Å²) in [5.41, 5.74) is 9.18. The van der Waals surface area contributed by atoms with Gasteiger partial charge in [0.15, 0.2) is 0 Å². The molecule has 0 saturated carbocycles. The molecule has 3 aromatic rings. The van der Waals surface area contributed by atoms with Gasteiger partial charge in [-0.3, -0.25) is 14.6 Å². The molecular formula is C23H22N4O2. The first-order valence-corrected chi connectivity index (χ1v) is 9.23. The van der Waals surface area contributed by atoms with Gasteiger partial charge >= 0.3 is 0 Å². The van der Waals surface area contributed by atoms with E-state index in [-0.39, 0.29) is 11.8 Å². The number of pyridine rings is 1. The molecule has 0 fully saturated rings. The fourth-order valence-corrected chi connectivity index (χ4v) is 2.64. The molecular weight excluding hydrogens is 364 g/mol. The molecule has 0 bridgehead atoms. The van der Waals surface area contributed by atoms with E-state index in [1.165, 1.54) is 6.08 Å². The Balaban J connectivity index is 1.49. The van der Waals surface area contributed by atoms with Gasteiger partial charge in [-0.05, 0) is 48.0 Å². The van der Waals surface area contributed by atoms with Gasteiger partial charge < -0.3 is 16.4 Å². The average Bonchev–Trinajstić information content (AvgIpc) is 2.75. The molecule has 4 N–H and O–H groups in total. The van der Waals surface area contributed by atoms with Crippen molar-refractivity contribution in [3.63, 3.8) is 0 Å². The third kappa shape index (κ3) is 6.04. The van der Waals surface area contributed by atoms with E-state index in [2.05, 4.69) is 15.6 Å². The summed E-state index contributed by atoms with van der Waals surface area (Å²) in [6.45, 7) is 0.516. The number of nitrogens with zero attached hydrogens (tertiary/aromatic N) is 1. The number of nitrogens with one attached hydrogen (secondary N) is 2. The SMILES string of the molecule is Nc1ccccc1NC(=O)c1ccc(/C=C/C(=O)NCCc2ccccn2)cc1. The Hall–Kier alpha value is -3.93. The van der Waals surface area contributed by atoms with Gasteiger partial charge in [-0.25, -0.2) is 0 Å². The largest absolute Gasteiger partial charge is 0.397 e. The Labute approximate surface area is 169 Å². The summed E-state index contributed by atoms with van der Waals surface area (Å²) in [6.07, 6.45) is 5.58. The third-order valence-corrected chi connectivity index (χ3v) is 4.22. The molecule has 1 aromatic heterocycles. The number of hydrogen-bond acceptors (Lipinski definition) is 4. The van der Waals surface area contributed by atoms with Crippen molar-refractivity contribution in [1.29, 1.82) is 0 Å². The van der Waals surface area contributed by atoms with Crippen molar-refractivity contribution in [3.8, 4) is 0 Å². The van der Waals surface area contributed by atoms with Crippen molar-refractivity contribution >= 4 is 29.3 Å². The molecule has 0 unspecified atom stereocenters. The molecule has 146 valence electrons. The van der Waals surface area contributed by atoms with Gasteiger partial charge in [0.2, 0.25) is 5.91 Å². The van der Waals surface area contributed by atoms with Crippen LogP contribution in [0.1, 0.15) is 21.6 Å². The first-order valence-electron chi connectivity index (χ1n) is 9.23. The molecule has 29 heavy (non-hydrogen) atoms. The number of para-hydroxylation sites is 2. The van der Waals surface area contributed by atoms with Crippen LogP contribution in [-0.2, 0) is 11.2 Å². The van der Waals surface area contributed by atoms with E-state index in [9.17, 15) is 9.59 Å². The van der Waals surface area contributed by atoms with E-state index in [0.29, 0.717) is 29.9 Å². The number of carbonyl (C=O) groups is 2. The number of carbonyl (C=O) groups excluding carboxylic acids is 2. The van der Waals surface area contributed by atoms with Crippen molar-refractivity contribution in [1.82, 2.24) is 10.3 Å². The van der Waals surface area contributed by atoms with Gasteiger partial charge in [-0.1, -0.05) is 30.3 Å². The molecule has 0 aliphatic carbocycles. The molecule has 3 rings (SSSR count). The highest BCUT2D eigenvalue weighted by atomic mass is 16.2. The zero-order valence-electron chi connectivity index (χ0n) is 15.8. The van der Waals surface area contributed by atoms with Gasteiger partial charge in [0.05, 0.1) is 11.4 Å². The van der Waals surface area contributed by atoms with Gasteiger partial charge in [0, 0.05) is 36.5 Å². The van der Waals surface area contributed by atoms with Crippen LogP contribution in [0.15, 0.2) is 79.0 Å². The number of aromatic nitrogens is 1. The van der Waals surface area contributed by atoms with Crippen LogP contribution in [0.5, 0.6) is 0 Å². The van der Waals surface area contributed by atoms with Gasteiger partial charge in [-0.2, -0.15) is 0 Å². The van der Waals surface area contributed by atoms with E-state index >= 15 is 0 Å². The monoisotopic (exact) mass is 386 g/mol. The minimum absolute atomic E-state index is 0.178. The first-order chi connectivity index (χ1) is 14.1. The maximum absolute atomic E-state index is 12.3. The lowest BCUT2D eigenvalue weighted by molar-refractivity contribution is -0.116. The molecule has 0 saturated heterocycles. The molecule has 0 aliphatic rings. The van der Waals surface area contributed by atoms with Crippen LogP contribution >= 0.6 is 0 Å². The van der Waals surface area contributed by atoms with Crippen LogP contribution in [0.2, 0.25) is 0 Å². The maximum Gasteiger partial charge on any atom is 0.255 e. The molecule has 0 atom stereocenters. The van der Waals surface area contributed by atoms with Crippen LogP contribution in [-0.4, -0.2) is 23.3 Å². The van der Waals surface area contributed by atoms with Gasteiger partial charge in [0.25, 0.3) is 5.91 Å². The highest BCUT2D eigenvalue weighted by molar-refractivity contribution is 6.05. The van der Waals surface area contributed by atoms with Crippen molar-refractivity contribution < 1.29 is 9.59 Å². The van der Waals surface area contributed by atoms with Gasteiger partial charge in [-0.15, -0.1) is 0 Å². The lowest BCUT2D eigenvalue weighted by Crippen LogP contribution is -2.23. The van der Waals surface area contributed by atoms with Crippen molar-refractivity contribution in [3.05, 3.63) is 95.8 Å². The topological polar surface area (TPSA) is 97.1 Å². The molecule has 6 nitrogen and oxygen atoms in total. The quantitative estimate of drug-likeness (QED) is 0.429. The highest BCUT2D eigenvalue weighted by Gasteiger charge is 2.07. The number of anilines is 2. The summed E-state index contributed by atoms with van der Waals surface area (Å²) in [7, 11) is 0. The number of rotatable bonds is 7. The van der Waals surface area contributed by atoms with E-state index < -0.39 is 0 Å². The lowest BCUT2D eigenvalue weighted by atomic mass is 10.1. The third-order valence-electron chi connectivity index (χ3n) is 4.22. The van der Waals surface area contributed by atoms with Gasteiger partial charge in [0.1, 0.15) is 0 Å². The number of amides is 2. The molecule has 0 aliphatic heterocycles. The normalized spacial score (nSPS) is 10.6. The minimum atomic E-state index is -0.245. The van der Waals surface area contributed by atoms with E-state index in [4.69, 9.17) is 5.73 Å². The Morgan fingerprint density at radius 3 is 2.45 bits per heavy atom. The predicted molar refractivity (Wildman–Crippen MR) is 115 cm³/mol. The molecule has 2 amide bonds. The fraction of sp³-hybridized carbons (Fsp3) is 0.0870. The van der Waals surface area contributed by atoms with Crippen molar-refractivity contribution in [2.24, 2.45) is 0 Å². The number of benzene rings is 2. The van der Waals surface area contributed by atoms with Crippen LogP contribution in [0.4, 0.5) is 11.4 Å². The zero-order chi connectivity index (χ0) is 20.5. The van der Waals surface area contributed by atoms with E-state index in [1.54, 1.807) is 60.8 Å². The summed E-state index contributed by atoms with van der Waals surface area (Å²) in [6, 6.07) is 19.7. The summed E-state index contributed by atoms with van der Waals surface area (Å²) >= 11 is 0. The van der Waals surface area contributed by atoms with Crippen LogP contribution in [0.25, 0.3) is 6.08 Å². The van der Waals surface area contributed by atoms with Crippen molar-refractivity contribution in [2.45, 2.75) is 6.42 Å². The van der Waals surface area contributed by atoms with E-state index in [0.717, 1.165) is 11.3 Å². The van der Waals surface area contributed by atoms with Crippen LogP contribution in [0.3, 0.4) is 0 Å². The molecule has 6 heteroatoms. The lowest BCUT2D eigenvalue weighted by Gasteiger charge is -2.08. The number of nitrogen functional groups attached to an aromatic ring is 1. The second-order valence-corrected chi connectivity index (χ2v) is 6.36. The number of nitrogens with two attached hydrogens (primary N) is 1. The van der Waals surface area contributed by atoms with Crippen LogP contribution in [0, 0.1) is 0 Å². The second-order valence-electron chi connectivity index (χ2n) is 6.36. The standard InChI is InChI=1S/C23H22N4O2/c24-20-6-1-2-7-21(20)27-23(29)18-11-8-17(9-12-18)10-13-22(28)26-16-14-19-5-3-4-15-25-19/h1-13,15H,14,16,24H2,(H,26,28)(H,27,29)/b13-10+. The smallest absolute Gasteiger partial charge is 0.255 e. The first kappa shape index (κ1) is 19.8. The Morgan fingerprint density at radius 1 is 0.966 bits per heavy atom.